The van der Waals surface area contributed by atoms with E-state index >= 15 is 0 Å². The van der Waals surface area contributed by atoms with Crippen molar-refractivity contribution in [3.05, 3.63) is 29.1 Å². The molecule has 16 heavy (non-hydrogen) atoms. The normalized spacial score (nSPS) is 18.6. The first-order valence-electron chi connectivity index (χ1n) is 5.84. The summed E-state index contributed by atoms with van der Waals surface area (Å²) in [5, 5.41) is 0. The van der Waals surface area contributed by atoms with E-state index in [-0.39, 0.29) is 16.6 Å². The molecule has 0 aliphatic heterocycles. The molecule has 88 valence electrons. The van der Waals surface area contributed by atoms with Crippen LogP contribution < -0.4 is 5.73 Å². The van der Waals surface area contributed by atoms with Crippen LogP contribution in [0.4, 0.5) is 10.1 Å². The van der Waals surface area contributed by atoms with Crippen LogP contribution in [-0.4, -0.2) is 0 Å². The molecule has 0 aromatic heterocycles. The minimum absolute atomic E-state index is 0.0272. The molecule has 1 fully saturated rings. The van der Waals surface area contributed by atoms with Gasteiger partial charge in [0.25, 0.3) is 0 Å². The van der Waals surface area contributed by atoms with Crippen LogP contribution in [0.1, 0.15) is 51.7 Å². The number of nitrogens with two attached hydrogens (primary N) is 1. The van der Waals surface area contributed by atoms with E-state index in [0.717, 1.165) is 24.0 Å². The lowest BCUT2D eigenvalue weighted by Crippen LogP contribution is -2.17. The molecule has 1 nitrogen and oxygen atoms in total. The molecule has 0 atom stereocenters. The third-order valence-corrected chi connectivity index (χ3v) is 3.55. The van der Waals surface area contributed by atoms with E-state index in [1.165, 1.54) is 0 Å². The van der Waals surface area contributed by atoms with Gasteiger partial charge in [0.15, 0.2) is 0 Å². The SMILES string of the molecule is CC(C)(C)c1cc(N)cc(C2(C)CC2)c1F. The summed E-state index contributed by atoms with van der Waals surface area (Å²) in [4.78, 5) is 0. The average Bonchev–Trinajstić information content (AvgIpc) is 2.86. The van der Waals surface area contributed by atoms with Crippen LogP contribution in [0, 0.1) is 5.82 Å². The second-order valence-electron chi connectivity index (χ2n) is 6.24. The second kappa shape index (κ2) is 3.22. The molecule has 1 aliphatic rings. The summed E-state index contributed by atoms with van der Waals surface area (Å²) in [6, 6.07) is 3.57. The Labute approximate surface area is 96.9 Å². The largest absolute Gasteiger partial charge is 0.399 e. The summed E-state index contributed by atoms with van der Waals surface area (Å²) in [6.07, 6.45) is 2.13. The smallest absolute Gasteiger partial charge is 0.130 e. The van der Waals surface area contributed by atoms with Crippen molar-refractivity contribution >= 4 is 5.69 Å². The fraction of sp³-hybridized carbons (Fsp3) is 0.571. The molecule has 2 heteroatoms. The van der Waals surface area contributed by atoms with Crippen LogP contribution in [-0.2, 0) is 10.8 Å². The van der Waals surface area contributed by atoms with Gasteiger partial charge in [-0.25, -0.2) is 4.39 Å². The number of hydrogen-bond donors (Lipinski definition) is 1. The van der Waals surface area contributed by atoms with Gasteiger partial charge >= 0.3 is 0 Å². The van der Waals surface area contributed by atoms with Gasteiger partial charge < -0.3 is 5.73 Å². The van der Waals surface area contributed by atoms with Gasteiger partial charge in [-0.3, -0.25) is 0 Å². The van der Waals surface area contributed by atoms with E-state index in [9.17, 15) is 4.39 Å². The molecule has 1 aromatic carbocycles. The number of rotatable bonds is 1. The fourth-order valence-electron chi connectivity index (χ4n) is 2.09. The van der Waals surface area contributed by atoms with Crippen molar-refractivity contribution < 1.29 is 4.39 Å². The molecule has 0 saturated heterocycles. The summed E-state index contributed by atoms with van der Waals surface area (Å²) in [5.41, 5.74) is 7.93. The standard InChI is InChI=1S/C14H20FN/c1-13(2,3)10-7-9(16)8-11(12(10)15)14(4)5-6-14/h7-8H,5-6,16H2,1-4H3. The highest BCUT2D eigenvalue weighted by Gasteiger charge is 2.42. The molecule has 0 amide bonds. The molecule has 1 aliphatic carbocycles. The van der Waals surface area contributed by atoms with Gasteiger partial charge in [-0.05, 0) is 46.9 Å². The van der Waals surface area contributed by atoms with Crippen LogP contribution in [0.5, 0.6) is 0 Å². The zero-order valence-corrected chi connectivity index (χ0v) is 10.5. The van der Waals surface area contributed by atoms with E-state index in [0.29, 0.717) is 5.69 Å². The lowest BCUT2D eigenvalue weighted by molar-refractivity contribution is 0.506. The Balaban J connectivity index is 2.60. The van der Waals surface area contributed by atoms with Gasteiger partial charge in [0.05, 0.1) is 0 Å². The van der Waals surface area contributed by atoms with Crippen LogP contribution in [0.3, 0.4) is 0 Å². The molecular weight excluding hydrogens is 201 g/mol. The van der Waals surface area contributed by atoms with Gasteiger partial charge in [0.2, 0.25) is 0 Å². The maximum atomic E-state index is 14.4. The van der Waals surface area contributed by atoms with Crippen molar-refractivity contribution in [2.75, 3.05) is 5.73 Å². The van der Waals surface area contributed by atoms with E-state index in [4.69, 9.17) is 5.73 Å². The molecule has 2 rings (SSSR count). The minimum atomic E-state index is -0.195. The number of benzene rings is 1. The summed E-state index contributed by atoms with van der Waals surface area (Å²) >= 11 is 0. The Bertz CT molecular complexity index is 399. The van der Waals surface area contributed by atoms with Crippen molar-refractivity contribution in [3.8, 4) is 0 Å². The summed E-state index contributed by atoms with van der Waals surface area (Å²) < 4.78 is 14.4. The monoisotopic (exact) mass is 221 g/mol. The Kier molecular flexibility index (Phi) is 2.30. The molecule has 0 spiro atoms. The third-order valence-electron chi connectivity index (χ3n) is 3.55. The molecule has 2 N–H and O–H groups in total. The Morgan fingerprint density at radius 2 is 1.81 bits per heavy atom. The molecule has 0 radical (unpaired) electrons. The molecule has 1 saturated carbocycles. The zero-order valence-electron chi connectivity index (χ0n) is 10.5. The summed E-state index contributed by atoms with van der Waals surface area (Å²) in [6.45, 7) is 8.16. The van der Waals surface area contributed by atoms with Gasteiger partial charge in [0, 0.05) is 5.69 Å². The van der Waals surface area contributed by atoms with E-state index < -0.39 is 0 Å². The van der Waals surface area contributed by atoms with Crippen LogP contribution in [0.2, 0.25) is 0 Å². The van der Waals surface area contributed by atoms with Gasteiger partial charge in [-0.2, -0.15) is 0 Å². The minimum Gasteiger partial charge on any atom is -0.399 e. The van der Waals surface area contributed by atoms with Gasteiger partial charge in [-0.1, -0.05) is 27.7 Å². The molecular formula is C14H20FN. The highest BCUT2D eigenvalue weighted by atomic mass is 19.1. The Hall–Kier alpha value is -1.05. The first-order valence-corrected chi connectivity index (χ1v) is 5.84. The molecule has 0 bridgehead atoms. The molecule has 1 aromatic rings. The fourth-order valence-corrected chi connectivity index (χ4v) is 2.09. The van der Waals surface area contributed by atoms with E-state index in [1.54, 1.807) is 12.1 Å². The third kappa shape index (κ3) is 1.81. The number of halogens is 1. The molecule has 0 unspecified atom stereocenters. The van der Waals surface area contributed by atoms with Crippen molar-refractivity contribution in [1.29, 1.82) is 0 Å². The number of nitrogen functional groups attached to an aromatic ring is 1. The second-order valence-corrected chi connectivity index (χ2v) is 6.24. The topological polar surface area (TPSA) is 26.0 Å². The lowest BCUT2D eigenvalue weighted by Gasteiger charge is -2.23. The number of hydrogen-bond acceptors (Lipinski definition) is 1. The van der Waals surface area contributed by atoms with Crippen LogP contribution in [0.15, 0.2) is 12.1 Å². The zero-order chi connectivity index (χ0) is 12.1. The Morgan fingerprint density at radius 1 is 1.25 bits per heavy atom. The van der Waals surface area contributed by atoms with Crippen molar-refractivity contribution in [2.24, 2.45) is 0 Å². The first kappa shape index (κ1) is 11.4. The number of anilines is 1. The maximum Gasteiger partial charge on any atom is 0.130 e. The first-order chi connectivity index (χ1) is 7.24. The van der Waals surface area contributed by atoms with Crippen LogP contribution in [0.25, 0.3) is 0 Å². The van der Waals surface area contributed by atoms with Crippen molar-refractivity contribution in [1.82, 2.24) is 0 Å². The Morgan fingerprint density at radius 3 is 2.25 bits per heavy atom. The van der Waals surface area contributed by atoms with E-state index in [1.807, 2.05) is 20.8 Å². The molecule has 0 heterocycles. The highest BCUT2D eigenvalue weighted by Crippen LogP contribution is 2.50. The van der Waals surface area contributed by atoms with Crippen molar-refractivity contribution in [3.63, 3.8) is 0 Å². The summed E-state index contributed by atoms with van der Waals surface area (Å²) in [7, 11) is 0. The van der Waals surface area contributed by atoms with Gasteiger partial charge in [0.1, 0.15) is 5.82 Å². The van der Waals surface area contributed by atoms with Crippen LogP contribution >= 0.6 is 0 Å². The predicted octanol–water partition coefficient (Wildman–Crippen LogP) is 3.76. The quantitative estimate of drug-likeness (QED) is 0.718. The van der Waals surface area contributed by atoms with Gasteiger partial charge in [-0.15, -0.1) is 0 Å². The highest BCUT2D eigenvalue weighted by molar-refractivity contribution is 5.51. The van der Waals surface area contributed by atoms with Crippen molar-refractivity contribution in [2.45, 2.75) is 51.4 Å². The maximum absolute atomic E-state index is 14.4. The van der Waals surface area contributed by atoms with E-state index in [2.05, 4.69) is 6.92 Å². The lowest BCUT2D eigenvalue weighted by atomic mass is 9.83. The predicted molar refractivity (Wildman–Crippen MR) is 66.1 cm³/mol. The summed E-state index contributed by atoms with van der Waals surface area (Å²) in [5.74, 6) is -0.0540. The average molecular weight is 221 g/mol.